The molecule has 0 heterocycles. The van der Waals surface area contributed by atoms with Crippen molar-refractivity contribution in [3.8, 4) is 0 Å². The number of amides is 1. The van der Waals surface area contributed by atoms with Crippen LogP contribution in [0.25, 0.3) is 0 Å². The fourth-order valence-electron chi connectivity index (χ4n) is 1.39. The van der Waals surface area contributed by atoms with Gasteiger partial charge < -0.3 is 16.2 Å². The quantitative estimate of drug-likeness (QED) is 0.655. The van der Waals surface area contributed by atoms with Gasteiger partial charge in [-0.2, -0.15) is 0 Å². The zero-order valence-corrected chi connectivity index (χ0v) is 9.43. The van der Waals surface area contributed by atoms with E-state index in [4.69, 9.17) is 10.8 Å². The number of hydrogen-bond acceptors (Lipinski definition) is 3. The summed E-state index contributed by atoms with van der Waals surface area (Å²) in [5, 5.41) is 10.7. The minimum Gasteiger partial charge on any atom is -0.480 e. The van der Waals surface area contributed by atoms with Crippen molar-refractivity contribution < 1.29 is 14.7 Å². The Hall–Kier alpha value is -1.88. The third kappa shape index (κ3) is 5.12. The van der Waals surface area contributed by atoms with Crippen LogP contribution in [-0.4, -0.2) is 29.6 Å². The topological polar surface area (TPSA) is 92.4 Å². The molecule has 0 aliphatic carbocycles. The molecule has 5 nitrogen and oxygen atoms in total. The van der Waals surface area contributed by atoms with Crippen LogP contribution >= 0.6 is 0 Å². The van der Waals surface area contributed by atoms with Crippen LogP contribution in [-0.2, 0) is 16.0 Å². The van der Waals surface area contributed by atoms with Gasteiger partial charge in [-0.25, -0.2) is 0 Å². The maximum absolute atomic E-state index is 11.4. The van der Waals surface area contributed by atoms with Gasteiger partial charge in [0.05, 0.1) is 6.04 Å². The van der Waals surface area contributed by atoms with Gasteiger partial charge in [0, 0.05) is 0 Å². The molecule has 1 amide bonds. The summed E-state index contributed by atoms with van der Waals surface area (Å²) in [6.45, 7) is -0.391. The lowest BCUT2D eigenvalue weighted by molar-refractivity contribution is -0.138. The van der Waals surface area contributed by atoms with Gasteiger partial charge in [-0.3, -0.25) is 9.59 Å². The molecule has 1 aromatic rings. The smallest absolute Gasteiger partial charge is 0.322 e. The molecule has 0 saturated carbocycles. The second kappa shape index (κ2) is 6.65. The van der Waals surface area contributed by atoms with Crippen LogP contribution < -0.4 is 11.1 Å². The summed E-state index contributed by atoms with van der Waals surface area (Å²) >= 11 is 0. The number of carbonyl (C=O) groups is 2. The summed E-state index contributed by atoms with van der Waals surface area (Å²) in [4.78, 5) is 21.6. The summed E-state index contributed by atoms with van der Waals surface area (Å²) in [7, 11) is 0. The molecule has 0 bridgehead atoms. The van der Waals surface area contributed by atoms with Crippen molar-refractivity contribution in [2.75, 3.05) is 6.54 Å². The van der Waals surface area contributed by atoms with Crippen molar-refractivity contribution in [1.82, 2.24) is 5.32 Å². The van der Waals surface area contributed by atoms with Crippen molar-refractivity contribution in [2.24, 2.45) is 5.73 Å². The fourth-order valence-corrected chi connectivity index (χ4v) is 1.39. The van der Waals surface area contributed by atoms with Gasteiger partial charge in [-0.1, -0.05) is 30.3 Å². The van der Waals surface area contributed by atoms with Gasteiger partial charge in [-0.05, 0) is 18.4 Å². The van der Waals surface area contributed by atoms with Gasteiger partial charge in [0.25, 0.3) is 0 Å². The summed E-state index contributed by atoms with van der Waals surface area (Å²) in [5.41, 5.74) is 6.75. The van der Waals surface area contributed by atoms with E-state index in [2.05, 4.69) is 5.32 Å². The van der Waals surface area contributed by atoms with Gasteiger partial charge in [0.1, 0.15) is 6.54 Å². The Morgan fingerprint density at radius 1 is 1.29 bits per heavy atom. The molecule has 5 heteroatoms. The standard InChI is InChI=1S/C12H16N2O3/c13-10(12(17)14-8-11(15)16)7-6-9-4-2-1-3-5-9/h1-5,10H,6-8,13H2,(H,14,17)(H,15,16)/t10-/m0/s1. The van der Waals surface area contributed by atoms with Crippen LogP contribution in [0.15, 0.2) is 30.3 Å². The zero-order chi connectivity index (χ0) is 12.7. The fraction of sp³-hybridized carbons (Fsp3) is 0.333. The molecule has 4 N–H and O–H groups in total. The number of aliphatic carboxylic acids is 1. The third-order valence-corrected chi connectivity index (χ3v) is 2.34. The van der Waals surface area contributed by atoms with E-state index < -0.39 is 24.5 Å². The van der Waals surface area contributed by atoms with Gasteiger partial charge in [0.15, 0.2) is 0 Å². The lowest BCUT2D eigenvalue weighted by Gasteiger charge is -2.10. The highest BCUT2D eigenvalue weighted by molar-refractivity contribution is 5.84. The first-order valence-electron chi connectivity index (χ1n) is 5.38. The van der Waals surface area contributed by atoms with E-state index in [0.717, 1.165) is 5.56 Å². The number of aryl methyl sites for hydroxylation is 1. The van der Waals surface area contributed by atoms with Gasteiger partial charge >= 0.3 is 5.97 Å². The molecule has 1 aromatic carbocycles. The number of nitrogens with one attached hydrogen (secondary N) is 1. The monoisotopic (exact) mass is 236 g/mol. The molecule has 0 unspecified atom stereocenters. The Balaban J connectivity index is 2.31. The van der Waals surface area contributed by atoms with E-state index in [9.17, 15) is 9.59 Å². The molecule has 0 saturated heterocycles. The maximum atomic E-state index is 11.4. The van der Waals surface area contributed by atoms with Crippen molar-refractivity contribution in [1.29, 1.82) is 0 Å². The summed E-state index contributed by atoms with van der Waals surface area (Å²) < 4.78 is 0. The Kier molecular flexibility index (Phi) is 5.16. The first kappa shape index (κ1) is 13.2. The predicted molar refractivity (Wildman–Crippen MR) is 63.4 cm³/mol. The minimum absolute atomic E-state index is 0.391. The highest BCUT2D eigenvalue weighted by atomic mass is 16.4. The number of rotatable bonds is 6. The van der Waals surface area contributed by atoms with E-state index in [0.29, 0.717) is 12.8 Å². The number of carbonyl (C=O) groups excluding carboxylic acids is 1. The Morgan fingerprint density at radius 2 is 1.94 bits per heavy atom. The van der Waals surface area contributed by atoms with E-state index in [1.807, 2.05) is 30.3 Å². The van der Waals surface area contributed by atoms with Crippen molar-refractivity contribution in [3.05, 3.63) is 35.9 Å². The second-order valence-corrected chi connectivity index (χ2v) is 3.74. The lowest BCUT2D eigenvalue weighted by Crippen LogP contribution is -2.42. The molecule has 17 heavy (non-hydrogen) atoms. The van der Waals surface area contributed by atoms with Crippen molar-refractivity contribution in [3.63, 3.8) is 0 Å². The SMILES string of the molecule is N[C@@H](CCc1ccccc1)C(=O)NCC(=O)O. The Labute approximate surface area is 99.6 Å². The first-order chi connectivity index (χ1) is 8.09. The van der Waals surface area contributed by atoms with Crippen LogP contribution in [0, 0.1) is 0 Å². The van der Waals surface area contributed by atoms with Gasteiger partial charge in [0.2, 0.25) is 5.91 Å². The molecular formula is C12H16N2O3. The van der Waals surface area contributed by atoms with E-state index >= 15 is 0 Å². The molecule has 0 aliphatic rings. The number of nitrogens with two attached hydrogens (primary N) is 1. The normalized spacial score (nSPS) is 11.8. The molecule has 92 valence electrons. The maximum Gasteiger partial charge on any atom is 0.322 e. The highest BCUT2D eigenvalue weighted by Crippen LogP contribution is 2.03. The first-order valence-corrected chi connectivity index (χ1v) is 5.38. The van der Waals surface area contributed by atoms with Crippen LogP contribution in [0.3, 0.4) is 0 Å². The summed E-state index contributed by atoms with van der Waals surface area (Å²) in [6.07, 6.45) is 1.19. The van der Waals surface area contributed by atoms with E-state index in [1.54, 1.807) is 0 Å². The molecule has 1 rings (SSSR count). The Morgan fingerprint density at radius 3 is 2.53 bits per heavy atom. The Bertz CT molecular complexity index is 379. The molecule has 0 aromatic heterocycles. The van der Waals surface area contributed by atoms with Crippen LogP contribution in [0.1, 0.15) is 12.0 Å². The number of carboxylic acids is 1. The molecule has 0 radical (unpaired) electrons. The van der Waals surface area contributed by atoms with Gasteiger partial charge in [-0.15, -0.1) is 0 Å². The number of carboxylic acid groups (broad SMARTS) is 1. The van der Waals surface area contributed by atoms with Crippen molar-refractivity contribution >= 4 is 11.9 Å². The number of hydrogen-bond donors (Lipinski definition) is 3. The van der Waals surface area contributed by atoms with E-state index in [1.165, 1.54) is 0 Å². The summed E-state index contributed by atoms with van der Waals surface area (Å²) in [6, 6.07) is 9.01. The molecule has 0 aliphatic heterocycles. The van der Waals surface area contributed by atoms with E-state index in [-0.39, 0.29) is 0 Å². The minimum atomic E-state index is -1.08. The third-order valence-electron chi connectivity index (χ3n) is 2.34. The van der Waals surface area contributed by atoms with Crippen LogP contribution in [0.5, 0.6) is 0 Å². The molecule has 0 spiro atoms. The zero-order valence-electron chi connectivity index (χ0n) is 9.43. The molecular weight excluding hydrogens is 220 g/mol. The van der Waals surface area contributed by atoms with Crippen molar-refractivity contribution in [2.45, 2.75) is 18.9 Å². The highest BCUT2D eigenvalue weighted by Gasteiger charge is 2.13. The van der Waals surface area contributed by atoms with Crippen LogP contribution in [0.2, 0.25) is 0 Å². The molecule has 0 fully saturated rings. The second-order valence-electron chi connectivity index (χ2n) is 3.74. The lowest BCUT2D eigenvalue weighted by atomic mass is 10.1. The number of benzene rings is 1. The predicted octanol–water partition coefficient (Wildman–Crippen LogP) is 0.147. The summed E-state index contributed by atoms with van der Waals surface area (Å²) in [5.74, 6) is -1.50. The van der Waals surface area contributed by atoms with Crippen LogP contribution in [0.4, 0.5) is 0 Å². The average Bonchev–Trinajstić information content (AvgIpc) is 2.34. The molecule has 1 atom stereocenters. The largest absolute Gasteiger partial charge is 0.480 e. The average molecular weight is 236 g/mol.